The average molecular weight is 294 g/mol. The fourth-order valence-electron chi connectivity index (χ4n) is 1.70. The zero-order chi connectivity index (χ0) is 15.7. The van der Waals surface area contributed by atoms with Gasteiger partial charge in [-0.2, -0.15) is 0 Å². The number of para-hydroxylation sites is 1. The van der Waals surface area contributed by atoms with E-state index < -0.39 is 5.97 Å². The van der Waals surface area contributed by atoms with Crippen molar-refractivity contribution >= 4 is 11.9 Å². The highest BCUT2D eigenvalue weighted by Gasteiger charge is 2.12. The van der Waals surface area contributed by atoms with Gasteiger partial charge in [0.1, 0.15) is 17.9 Å². The Morgan fingerprint density at radius 2 is 2.00 bits per heavy atom. The van der Waals surface area contributed by atoms with Crippen LogP contribution in [0.5, 0.6) is 5.75 Å². The van der Waals surface area contributed by atoms with Gasteiger partial charge in [0, 0.05) is 13.1 Å². The molecule has 1 unspecified atom stereocenters. The number of hydrogen-bond donors (Lipinski definition) is 3. The van der Waals surface area contributed by atoms with E-state index >= 15 is 0 Å². The summed E-state index contributed by atoms with van der Waals surface area (Å²) < 4.78 is 5.43. The number of aromatic carboxylic acids is 1. The van der Waals surface area contributed by atoms with Crippen LogP contribution in [0.4, 0.5) is 0 Å². The number of rotatable bonds is 9. The van der Waals surface area contributed by atoms with Crippen molar-refractivity contribution in [2.24, 2.45) is 0 Å². The Morgan fingerprint density at radius 3 is 2.67 bits per heavy atom. The van der Waals surface area contributed by atoms with Crippen LogP contribution >= 0.6 is 0 Å². The van der Waals surface area contributed by atoms with Crippen molar-refractivity contribution < 1.29 is 19.4 Å². The van der Waals surface area contributed by atoms with Crippen molar-refractivity contribution in [3.63, 3.8) is 0 Å². The summed E-state index contributed by atoms with van der Waals surface area (Å²) in [6.45, 7) is 5.17. The highest BCUT2D eigenvalue weighted by molar-refractivity contribution is 5.90. The maximum absolute atomic E-state index is 11.6. The average Bonchev–Trinajstić information content (AvgIpc) is 2.49. The number of benzene rings is 1. The molecule has 0 saturated heterocycles. The molecule has 0 spiro atoms. The normalized spacial score (nSPS) is 11.7. The zero-order valence-corrected chi connectivity index (χ0v) is 12.4. The molecular formula is C15H22N2O4. The number of carboxylic acids is 1. The molecule has 0 aliphatic rings. The van der Waals surface area contributed by atoms with E-state index in [1.54, 1.807) is 25.1 Å². The molecular weight excluding hydrogens is 272 g/mol. The van der Waals surface area contributed by atoms with Gasteiger partial charge < -0.3 is 20.5 Å². The minimum absolute atomic E-state index is 0.0530. The summed E-state index contributed by atoms with van der Waals surface area (Å²) in [5.41, 5.74) is 0.131. The summed E-state index contributed by atoms with van der Waals surface area (Å²) in [5.74, 6) is -0.747. The summed E-state index contributed by atoms with van der Waals surface area (Å²) in [4.78, 5) is 22.6. The molecule has 6 heteroatoms. The van der Waals surface area contributed by atoms with E-state index in [2.05, 4.69) is 10.6 Å². The molecule has 1 atom stereocenters. The highest BCUT2D eigenvalue weighted by atomic mass is 16.5. The van der Waals surface area contributed by atoms with Gasteiger partial charge in [-0.05, 0) is 25.5 Å². The monoisotopic (exact) mass is 294 g/mol. The van der Waals surface area contributed by atoms with Crippen LogP contribution in [0.1, 0.15) is 30.6 Å². The molecule has 0 aliphatic carbocycles. The number of carbonyl (C=O) groups is 2. The second kappa shape index (κ2) is 8.97. The molecule has 1 aromatic carbocycles. The van der Waals surface area contributed by atoms with Gasteiger partial charge in [0.2, 0.25) is 5.91 Å². The van der Waals surface area contributed by atoms with E-state index in [1.807, 2.05) is 6.92 Å². The van der Waals surface area contributed by atoms with Crippen LogP contribution in [-0.2, 0) is 4.79 Å². The van der Waals surface area contributed by atoms with E-state index in [-0.39, 0.29) is 24.1 Å². The predicted octanol–water partition coefficient (Wildman–Crippen LogP) is 1.27. The molecule has 3 N–H and O–H groups in total. The number of carbonyl (C=O) groups excluding carboxylic acids is 1. The quantitative estimate of drug-likeness (QED) is 0.597. The van der Waals surface area contributed by atoms with Crippen molar-refractivity contribution in [3.05, 3.63) is 29.8 Å². The van der Waals surface area contributed by atoms with E-state index in [4.69, 9.17) is 9.84 Å². The van der Waals surface area contributed by atoms with Crippen LogP contribution in [0, 0.1) is 0 Å². The summed E-state index contributed by atoms with van der Waals surface area (Å²) in [7, 11) is 0. The Balaban J connectivity index is 2.34. The molecule has 1 amide bonds. The third-order valence-corrected chi connectivity index (χ3v) is 2.87. The van der Waals surface area contributed by atoms with Crippen LogP contribution < -0.4 is 15.4 Å². The number of carboxylic acid groups (broad SMARTS) is 1. The first-order chi connectivity index (χ1) is 10.1. The number of ether oxygens (including phenoxy) is 1. The second-order valence-corrected chi connectivity index (χ2v) is 4.62. The van der Waals surface area contributed by atoms with Gasteiger partial charge >= 0.3 is 5.97 Å². The van der Waals surface area contributed by atoms with Gasteiger partial charge in [-0.25, -0.2) is 4.79 Å². The van der Waals surface area contributed by atoms with Crippen molar-refractivity contribution in [1.82, 2.24) is 10.6 Å². The van der Waals surface area contributed by atoms with Crippen LogP contribution in [-0.4, -0.2) is 42.7 Å². The maximum atomic E-state index is 11.6. The lowest BCUT2D eigenvalue weighted by Crippen LogP contribution is -2.43. The molecule has 6 nitrogen and oxygen atoms in total. The topological polar surface area (TPSA) is 87.7 Å². The van der Waals surface area contributed by atoms with Gasteiger partial charge in [0.15, 0.2) is 0 Å². The van der Waals surface area contributed by atoms with Crippen molar-refractivity contribution in [3.8, 4) is 5.75 Å². The Bertz CT molecular complexity index is 476. The summed E-state index contributed by atoms with van der Waals surface area (Å²) in [5, 5.41) is 14.8. The van der Waals surface area contributed by atoms with E-state index in [1.165, 1.54) is 6.07 Å². The van der Waals surface area contributed by atoms with Gasteiger partial charge in [-0.15, -0.1) is 0 Å². The third-order valence-electron chi connectivity index (χ3n) is 2.87. The molecule has 0 heterocycles. The number of amides is 1. The Kier molecular flexibility index (Phi) is 7.25. The number of nitrogens with one attached hydrogen (secondary N) is 2. The first-order valence-corrected chi connectivity index (χ1v) is 7.02. The highest BCUT2D eigenvalue weighted by Crippen LogP contribution is 2.17. The van der Waals surface area contributed by atoms with E-state index in [9.17, 15) is 9.59 Å². The molecule has 1 rings (SSSR count). The molecule has 1 aromatic rings. The first-order valence-electron chi connectivity index (χ1n) is 7.02. The minimum Gasteiger partial charge on any atom is -0.491 e. The molecule has 0 aromatic heterocycles. The second-order valence-electron chi connectivity index (χ2n) is 4.62. The standard InChI is InChI=1S/C15H22N2O4/c1-3-8-17-14(18)11(2)16-9-10-21-13-7-5-4-6-12(13)15(19)20/h4-7,11,16H,3,8-10H2,1-2H3,(H,17,18)(H,19,20). The summed E-state index contributed by atoms with van der Waals surface area (Å²) in [6, 6.07) is 6.16. The maximum Gasteiger partial charge on any atom is 0.339 e. The van der Waals surface area contributed by atoms with E-state index in [0.29, 0.717) is 18.8 Å². The molecule has 0 saturated carbocycles. The fraction of sp³-hybridized carbons (Fsp3) is 0.467. The van der Waals surface area contributed by atoms with Crippen molar-refractivity contribution in [2.75, 3.05) is 19.7 Å². The van der Waals surface area contributed by atoms with Gasteiger partial charge in [0.05, 0.1) is 6.04 Å². The fourth-order valence-corrected chi connectivity index (χ4v) is 1.70. The first kappa shape index (κ1) is 17.0. The Morgan fingerprint density at radius 1 is 1.29 bits per heavy atom. The molecule has 0 radical (unpaired) electrons. The Hall–Kier alpha value is -2.08. The molecule has 116 valence electrons. The smallest absolute Gasteiger partial charge is 0.339 e. The van der Waals surface area contributed by atoms with Crippen LogP contribution in [0.3, 0.4) is 0 Å². The molecule has 0 aliphatic heterocycles. The SMILES string of the molecule is CCCNC(=O)C(C)NCCOc1ccccc1C(=O)O. The zero-order valence-electron chi connectivity index (χ0n) is 12.4. The van der Waals surface area contributed by atoms with Crippen molar-refractivity contribution in [2.45, 2.75) is 26.3 Å². The minimum atomic E-state index is -1.02. The predicted molar refractivity (Wildman–Crippen MR) is 79.7 cm³/mol. The Labute approximate surface area is 124 Å². The lowest BCUT2D eigenvalue weighted by atomic mass is 10.2. The number of hydrogen-bond acceptors (Lipinski definition) is 4. The van der Waals surface area contributed by atoms with Gasteiger partial charge in [0.25, 0.3) is 0 Å². The largest absolute Gasteiger partial charge is 0.491 e. The summed E-state index contributed by atoms with van der Waals surface area (Å²) >= 11 is 0. The van der Waals surface area contributed by atoms with Gasteiger partial charge in [-0.3, -0.25) is 4.79 Å². The third kappa shape index (κ3) is 5.83. The van der Waals surface area contributed by atoms with Crippen LogP contribution in [0.2, 0.25) is 0 Å². The lowest BCUT2D eigenvalue weighted by molar-refractivity contribution is -0.122. The molecule has 0 fully saturated rings. The molecule has 0 bridgehead atoms. The van der Waals surface area contributed by atoms with Crippen molar-refractivity contribution in [1.29, 1.82) is 0 Å². The molecule has 21 heavy (non-hydrogen) atoms. The van der Waals surface area contributed by atoms with Gasteiger partial charge in [-0.1, -0.05) is 19.1 Å². The van der Waals surface area contributed by atoms with Crippen LogP contribution in [0.15, 0.2) is 24.3 Å². The van der Waals surface area contributed by atoms with E-state index in [0.717, 1.165) is 6.42 Å². The summed E-state index contributed by atoms with van der Waals surface area (Å²) in [6.07, 6.45) is 0.896. The lowest BCUT2D eigenvalue weighted by Gasteiger charge is -2.14. The van der Waals surface area contributed by atoms with Crippen LogP contribution in [0.25, 0.3) is 0 Å².